The molecule has 0 radical (unpaired) electrons. The van der Waals surface area contributed by atoms with E-state index in [1.807, 2.05) is 0 Å². The monoisotopic (exact) mass is 468 g/mol. The number of benzene rings is 2. The maximum atomic E-state index is 13.1. The van der Waals surface area contributed by atoms with Gasteiger partial charge < -0.3 is 19.3 Å². The van der Waals surface area contributed by atoms with Crippen LogP contribution >= 0.6 is 0 Å². The maximum absolute atomic E-state index is 13.1. The first-order valence-corrected chi connectivity index (χ1v) is 10.9. The van der Waals surface area contributed by atoms with Crippen molar-refractivity contribution >= 4 is 23.6 Å². The van der Waals surface area contributed by atoms with Gasteiger partial charge in [-0.25, -0.2) is 0 Å². The topological polar surface area (TPSA) is 105 Å². The van der Waals surface area contributed by atoms with Gasteiger partial charge in [0.2, 0.25) is 17.7 Å². The Kier molecular flexibility index (Phi) is 4.58. The first-order chi connectivity index (χ1) is 18.5. The van der Waals surface area contributed by atoms with Crippen LogP contribution in [0.25, 0.3) is 0 Å². The Morgan fingerprint density at radius 1 is 1.15 bits per heavy atom. The van der Waals surface area contributed by atoms with Crippen LogP contribution in [0, 0.1) is 0 Å². The summed E-state index contributed by atoms with van der Waals surface area (Å²) < 4.78 is 53.3. The number of rotatable bonds is 6. The van der Waals surface area contributed by atoms with E-state index < -0.39 is 36.4 Å². The van der Waals surface area contributed by atoms with Crippen molar-refractivity contribution in [3.05, 3.63) is 64.6 Å². The Bertz CT molecular complexity index is 1400. The molecule has 1 atom stereocenters. The Hall–Kier alpha value is -3.72. The van der Waals surface area contributed by atoms with E-state index in [2.05, 4.69) is 5.32 Å². The lowest BCUT2D eigenvalue weighted by Gasteiger charge is -2.29. The highest BCUT2D eigenvalue weighted by atomic mass is 16.5. The second-order valence-electron chi connectivity index (χ2n) is 8.19. The molecule has 9 nitrogen and oxygen atoms in total. The van der Waals surface area contributed by atoms with Gasteiger partial charge in [0.15, 0.2) is 0 Å². The predicted molar refractivity (Wildman–Crippen MR) is 119 cm³/mol. The van der Waals surface area contributed by atoms with Gasteiger partial charge in [-0.2, -0.15) is 0 Å². The molecule has 0 aromatic heterocycles. The van der Waals surface area contributed by atoms with Crippen LogP contribution in [0.4, 0.5) is 0 Å². The zero-order valence-corrected chi connectivity index (χ0v) is 18.2. The smallest absolute Gasteiger partial charge is 0.255 e. The van der Waals surface area contributed by atoms with Crippen molar-refractivity contribution in [3.8, 4) is 5.75 Å². The van der Waals surface area contributed by atoms with Crippen molar-refractivity contribution < 1.29 is 35.5 Å². The Labute approximate surface area is 203 Å². The van der Waals surface area contributed by atoms with Gasteiger partial charge in [0, 0.05) is 30.6 Å². The normalized spacial score (nSPS) is 22.9. The van der Waals surface area contributed by atoms with E-state index in [0.29, 0.717) is 12.2 Å². The number of nitrogens with zero attached hydrogens (tertiary/aromatic N) is 2. The molecule has 0 spiro atoms. The number of carbonyl (C=O) groups is 4. The van der Waals surface area contributed by atoms with E-state index in [4.69, 9.17) is 16.3 Å². The first kappa shape index (κ1) is 16.8. The molecule has 34 heavy (non-hydrogen) atoms. The Morgan fingerprint density at radius 2 is 2.00 bits per heavy atom. The molecule has 2 aromatic carbocycles. The standard InChI is InChI=1S/C25H25N3O6/c29-22-9-8-20(24(31)26-22)28-13-19-18(25(28)32)2-1-3-21(19)34-14-17-6-4-16(5-7-17)12-27-10-11-33-15-23(27)30/h1-7,20H,8-15H2,(H,26,29,31)/i4D,5D,6D,14D2. The largest absolute Gasteiger partial charge is 0.489 e. The molecule has 3 heterocycles. The second-order valence-corrected chi connectivity index (χ2v) is 8.19. The molecule has 176 valence electrons. The number of amides is 4. The number of morpholine rings is 1. The number of imide groups is 1. The summed E-state index contributed by atoms with van der Waals surface area (Å²) in [5, 5.41) is 2.23. The minimum Gasteiger partial charge on any atom is -0.489 e. The minimum atomic E-state index is -2.66. The lowest BCUT2D eigenvalue weighted by molar-refractivity contribution is -0.143. The van der Waals surface area contributed by atoms with Crippen LogP contribution in [0.3, 0.4) is 0 Å². The number of ether oxygens (including phenoxy) is 2. The molecule has 0 bridgehead atoms. The van der Waals surface area contributed by atoms with Gasteiger partial charge in [0.05, 0.1) is 20.0 Å². The number of hydrogen-bond acceptors (Lipinski definition) is 6. The third-order valence-electron chi connectivity index (χ3n) is 5.98. The van der Waals surface area contributed by atoms with E-state index in [1.54, 1.807) is 0 Å². The van der Waals surface area contributed by atoms with Crippen LogP contribution in [-0.4, -0.2) is 59.2 Å². The average Bonchev–Trinajstić information content (AvgIpc) is 3.22. The van der Waals surface area contributed by atoms with Crippen molar-refractivity contribution in [1.29, 1.82) is 0 Å². The van der Waals surface area contributed by atoms with Gasteiger partial charge >= 0.3 is 0 Å². The van der Waals surface area contributed by atoms with Crippen LogP contribution in [-0.2, 0) is 38.8 Å². The molecule has 5 rings (SSSR count). The van der Waals surface area contributed by atoms with Crippen LogP contribution in [0.2, 0.25) is 0 Å². The highest BCUT2D eigenvalue weighted by Crippen LogP contribution is 2.34. The summed E-state index contributed by atoms with van der Waals surface area (Å²) >= 11 is 0. The molecular formula is C25H25N3O6. The molecule has 1 unspecified atom stereocenters. The summed E-state index contributed by atoms with van der Waals surface area (Å²) in [6.45, 7) is -2.27. The number of carbonyl (C=O) groups excluding carboxylic acids is 4. The molecule has 3 aliphatic heterocycles. The molecule has 3 aliphatic rings. The fourth-order valence-electron chi connectivity index (χ4n) is 4.19. The van der Waals surface area contributed by atoms with Gasteiger partial charge in [0.25, 0.3) is 5.91 Å². The van der Waals surface area contributed by atoms with E-state index in [1.165, 1.54) is 28.0 Å². The number of hydrogen-bond donors (Lipinski definition) is 1. The highest BCUT2D eigenvalue weighted by molar-refractivity contribution is 6.05. The minimum absolute atomic E-state index is 0.0149. The van der Waals surface area contributed by atoms with Crippen molar-refractivity contribution in [2.45, 2.75) is 38.5 Å². The zero-order chi connectivity index (χ0) is 28.1. The highest BCUT2D eigenvalue weighted by Gasteiger charge is 2.40. The number of fused-ring (bicyclic) bond motifs is 1. The van der Waals surface area contributed by atoms with E-state index in [9.17, 15) is 19.2 Å². The average molecular weight is 469 g/mol. The fourth-order valence-corrected chi connectivity index (χ4v) is 4.19. The maximum Gasteiger partial charge on any atom is 0.255 e. The van der Waals surface area contributed by atoms with E-state index in [-0.39, 0.29) is 79.5 Å². The van der Waals surface area contributed by atoms with Crippen LogP contribution in [0.15, 0.2) is 42.4 Å². The van der Waals surface area contributed by atoms with Gasteiger partial charge in [-0.05, 0) is 29.7 Å². The van der Waals surface area contributed by atoms with E-state index in [0.717, 1.165) is 6.07 Å². The summed E-state index contributed by atoms with van der Waals surface area (Å²) in [6, 6.07) is 3.68. The predicted octanol–water partition coefficient (Wildman–Crippen LogP) is 1.39. The summed E-state index contributed by atoms with van der Waals surface area (Å²) in [5.41, 5.74) is 0.341. The molecule has 9 heteroatoms. The molecule has 2 fully saturated rings. The molecule has 1 N–H and O–H groups in total. The third kappa shape index (κ3) is 4.38. The lowest BCUT2D eigenvalue weighted by Crippen LogP contribution is -2.52. The molecular weight excluding hydrogens is 438 g/mol. The van der Waals surface area contributed by atoms with Crippen LogP contribution < -0.4 is 10.1 Å². The van der Waals surface area contributed by atoms with Crippen LogP contribution in [0.1, 0.15) is 46.7 Å². The van der Waals surface area contributed by atoms with Crippen molar-refractivity contribution in [2.75, 3.05) is 19.8 Å². The van der Waals surface area contributed by atoms with Crippen LogP contribution in [0.5, 0.6) is 5.75 Å². The lowest BCUT2D eigenvalue weighted by atomic mass is 10.0. The van der Waals surface area contributed by atoms with Crippen molar-refractivity contribution in [1.82, 2.24) is 15.1 Å². The Morgan fingerprint density at radius 3 is 2.82 bits per heavy atom. The van der Waals surface area contributed by atoms with Gasteiger partial charge in [-0.3, -0.25) is 24.5 Å². The molecule has 0 aliphatic carbocycles. The quantitative estimate of drug-likeness (QED) is 0.643. The van der Waals surface area contributed by atoms with Crippen molar-refractivity contribution in [3.63, 3.8) is 0 Å². The molecule has 2 saturated heterocycles. The zero-order valence-electron chi connectivity index (χ0n) is 23.2. The number of nitrogens with one attached hydrogen (secondary N) is 1. The van der Waals surface area contributed by atoms with Gasteiger partial charge in [0.1, 0.15) is 25.0 Å². The summed E-state index contributed by atoms with van der Waals surface area (Å²) in [5.74, 6) is -1.72. The number of piperidine rings is 1. The summed E-state index contributed by atoms with van der Waals surface area (Å²) in [6.07, 6.45) is 0.264. The molecule has 2 aromatic rings. The van der Waals surface area contributed by atoms with Gasteiger partial charge in [-0.15, -0.1) is 0 Å². The second kappa shape index (κ2) is 9.26. The molecule has 0 saturated carbocycles. The molecule has 4 amide bonds. The SMILES string of the molecule is [2H]c1cc(C([2H])([2H])Oc2cccc3c2CN(C2CCC(=O)NC2=O)C3=O)c([2H])c([2H])c1CN1CCOCC1=O. The van der Waals surface area contributed by atoms with E-state index >= 15 is 0 Å². The summed E-state index contributed by atoms with van der Waals surface area (Å²) in [7, 11) is 0. The Balaban J connectivity index is 1.41. The third-order valence-corrected chi connectivity index (χ3v) is 5.98. The first-order valence-electron chi connectivity index (χ1n) is 13.4. The fraction of sp³-hybridized carbons (Fsp3) is 0.360. The van der Waals surface area contributed by atoms with Gasteiger partial charge in [-0.1, -0.05) is 30.3 Å². The van der Waals surface area contributed by atoms with Crippen molar-refractivity contribution in [2.24, 2.45) is 0 Å². The summed E-state index contributed by atoms with van der Waals surface area (Å²) in [4.78, 5) is 51.8.